The van der Waals surface area contributed by atoms with Crippen LogP contribution < -0.4 is 5.73 Å². The van der Waals surface area contributed by atoms with E-state index in [4.69, 9.17) is 5.73 Å². The molecular weight excluding hydrogens is 290 g/mol. The van der Waals surface area contributed by atoms with Crippen LogP contribution in [0.25, 0.3) is 11.4 Å². The number of hydrogen-bond donors (Lipinski definition) is 1. The van der Waals surface area contributed by atoms with E-state index in [1.54, 1.807) is 4.68 Å². The van der Waals surface area contributed by atoms with E-state index in [0.717, 1.165) is 11.1 Å². The van der Waals surface area contributed by atoms with Crippen molar-refractivity contribution in [2.24, 2.45) is 0 Å². The molecule has 1 aliphatic rings. The molecule has 1 aromatic carbocycles. The Kier molecular flexibility index (Phi) is 3.40. The molecule has 0 radical (unpaired) electrons. The topological polar surface area (TPSA) is 104 Å². The van der Waals surface area contributed by atoms with Gasteiger partial charge < -0.3 is 5.73 Å². The molecule has 0 amide bonds. The SMILES string of the molecule is Cc1c(N)cccc1-c1nnnn1CC1CCCS1(=O)=O. The zero-order chi connectivity index (χ0) is 15.0. The van der Waals surface area contributed by atoms with E-state index in [9.17, 15) is 8.42 Å². The highest BCUT2D eigenvalue weighted by Crippen LogP contribution is 2.27. The number of rotatable bonds is 3. The average molecular weight is 307 g/mol. The number of nitrogens with two attached hydrogens (primary N) is 1. The van der Waals surface area contributed by atoms with Crippen molar-refractivity contribution in [3.05, 3.63) is 23.8 Å². The number of sulfone groups is 1. The lowest BCUT2D eigenvalue weighted by Gasteiger charge is -2.12. The second-order valence-corrected chi connectivity index (χ2v) is 7.74. The smallest absolute Gasteiger partial charge is 0.182 e. The van der Waals surface area contributed by atoms with Crippen LogP contribution in [0.1, 0.15) is 18.4 Å². The summed E-state index contributed by atoms with van der Waals surface area (Å²) in [5.74, 6) is 0.814. The number of tetrazole rings is 1. The fraction of sp³-hybridized carbons (Fsp3) is 0.462. The zero-order valence-electron chi connectivity index (χ0n) is 11.7. The molecule has 1 atom stereocenters. The van der Waals surface area contributed by atoms with Gasteiger partial charge in [-0.25, -0.2) is 13.1 Å². The predicted octanol–water partition coefficient (Wildman–Crippen LogP) is 0.808. The first-order valence-electron chi connectivity index (χ1n) is 6.82. The van der Waals surface area contributed by atoms with Crippen molar-refractivity contribution >= 4 is 15.5 Å². The van der Waals surface area contributed by atoms with E-state index in [-0.39, 0.29) is 5.75 Å². The van der Waals surface area contributed by atoms with Gasteiger partial charge in [-0.05, 0) is 41.8 Å². The lowest BCUT2D eigenvalue weighted by molar-refractivity contribution is 0.534. The van der Waals surface area contributed by atoms with Gasteiger partial charge in [-0.15, -0.1) is 5.10 Å². The van der Waals surface area contributed by atoms with E-state index >= 15 is 0 Å². The van der Waals surface area contributed by atoms with E-state index < -0.39 is 15.1 Å². The van der Waals surface area contributed by atoms with Gasteiger partial charge in [-0.2, -0.15) is 0 Å². The van der Waals surface area contributed by atoms with Crippen LogP contribution in [0.3, 0.4) is 0 Å². The Morgan fingerprint density at radius 3 is 2.95 bits per heavy atom. The minimum Gasteiger partial charge on any atom is -0.398 e. The van der Waals surface area contributed by atoms with Gasteiger partial charge >= 0.3 is 0 Å². The van der Waals surface area contributed by atoms with Crippen LogP contribution in [0, 0.1) is 6.92 Å². The molecule has 2 heterocycles. The molecule has 0 saturated carbocycles. The Bertz CT molecular complexity index is 769. The zero-order valence-corrected chi connectivity index (χ0v) is 12.5. The number of nitrogens with zero attached hydrogens (tertiary/aromatic N) is 4. The van der Waals surface area contributed by atoms with Gasteiger partial charge in [0.15, 0.2) is 15.7 Å². The molecule has 8 heteroatoms. The summed E-state index contributed by atoms with van der Waals surface area (Å²) in [7, 11) is -3.02. The average Bonchev–Trinajstić information content (AvgIpc) is 3.01. The third-order valence-electron chi connectivity index (χ3n) is 3.99. The van der Waals surface area contributed by atoms with Crippen molar-refractivity contribution in [3.63, 3.8) is 0 Å². The van der Waals surface area contributed by atoms with E-state index in [2.05, 4.69) is 15.5 Å². The largest absolute Gasteiger partial charge is 0.398 e. The van der Waals surface area contributed by atoms with Crippen molar-refractivity contribution in [3.8, 4) is 11.4 Å². The molecule has 112 valence electrons. The molecule has 1 aromatic heterocycles. The van der Waals surface area contributed by atoms with Crippen LogP contribution in [0.5, 0.6) is 0 Å². The summed E-state index contributed by atoms with van der Waals surface area (Å²) in [6, 6.07) is 5.54. The summed E-state index contributed by atoms with van der Waals surface area (Å²) in [5, 5.41) is 11.3. The maximum absolute atomic E-state index is 12.0. The second kappa shape index (κ2) is 5.10. The van der Waals surface area contributed by atoms with Crippen LogP contribution in [0.2, 0.25) is 0 Å². The third kappa shape index (κ3) is 2.51. The Balaban J connectivity index is 1.96. The summed E-state index contributed by atoms with van der Waals surface area (Å²) in [4.78, 5) is 0. The van der Waals surface area contributed by atoms with Gasteiger partial charge in [0.2, 0.25) is 0 Å². The quantitative estimate of drug-likeness (QED) is 0.841. The van der Waals surface area contributed by atoms with Crippen molar-refractivity contribution in [2.45, 2.75) is 31.6 Å². The first-order valence-corrected chi connectivity index (χ1v) is 8.54. The van der Waals surface area contributed by atoms with Crippen LogP contribution >= 0.6 is 0 Å². The second-order valence-electron chi connectivity index (χ2n) is 5.34. The highest BCUT2D eigenvalue weighted by molar-refractivity contribution is 7.92. The molecule has 3 rings (SSSR count). The molecule has 1 fully saturated rings. The summed E-state index contributed by atoms with van der Waals surface area (Å²) in [5.41, 5.74) is 8.29. The fourth-order valence-corrected chi connectivity index (χ4v) is 4.47. The van der Waals surface area contributed by atoms with Crippen molar-refractivity contribution < 1.29 is 8.42 Å². The normalized spacial score (nSPS) is 20.7. The predicted molar refractivity (Wildman–Crippen MR) is 79.2 cm³/mol. The number of aromatic nitrogens is 4. The molecule has 1 aliphatic heterocycles. The van der Waals surface area contributed by atoms with E-state index in [0.29, 0.717) is 30.9 Å². The van der Waals surface area contributed by atoms with E-state index in [1.165, 1.54) is 0 Å². The number of nitrogen functional groups attached to an aromatic ring is 1. The first kappa shape index (κ1) is 14.0. The maximum Gasteiger partial charge on any atom is 0.182 e. The molecule has 0 aliphatic carbocycles. The van der Waals surface area contributed by atoms with Crippen LogP contribution in [-0.2, 0) is 16.4 Å². The van der Waals surface area contributed by atoms with Crippen molar-refractivity contribution in [1.82, 2.24) is 20.2 Å². The Morgan fingerprint density at radius 2 is 2.24 bits per heavy atom. The van der Waals surface area contributed by atoms with Gasteiger partial charge in [-0.3, -0.25) is 0 Å². The monoisotopic (exact) mass is 307 g/mol. The van der Waals surface area contributed by atoms with Crippen LogP contribution in [0.15, 0.2) is 18.2 Å². The molecule has 2 aromatic rings. The summed E-state index contributed by atoms with van der Waals surface area (Å²) in [6.07, 6.45) is 1.37. The van der Waals surface area contributed by atoms with Gasteiger partial charge in [0.25, 0.3) is 0 Å². The molecule has 1 saturated heterocycles. The molecule has 21 heavy (non-hydrogen) atoms. The Labute approximate surface area is 123 Å². The van der Waals surface area contributed by atoms with Crippen LogP contribution in [0.4, 0.5) is 5.69 Å². The number of hydrogen-bond acceptors (Lipinski definition) is 6. The lowest BCUT2D eigenvalue weighted by atomic mass is 10.1. The molecule has 1 unspecified atom stereocenters. The third-order valence-corrected chi connectivity index (χ3v) is 6.25. The highest BCUT2D eigenvalue weighted by Gasteiger charge is 2.32. The van der Waals surface area contributed by atoms with E-state index in [1.807, 2.05) is 25.1 Å². The number of anilines is 1. The molecule has 0 bridgehead atoms. The van der Waals surface area contributed by atoms with Gasteiger partial charge in [0.1, 0.15) is 0 Å². The first-order chi connectivity index (χ1) is 9.99. The highest BCUT2D eigenvalue weighted by atomic mass is 32.2. The van der Waals surface area contributed by atoms with Crippen molar-refractivity contribution in [1.29, 1.82) is 0 Å². The Hall–Kier alpha value is -1.96. The molecule has 0 spiro atoms. The minimum absolute atomic E-state index is 0.256. The molecule has 2 N–H and O–H groups in total. The summed E-state index contributed by atoms with van der Waals surface area (Å²) < 4.78 is 25.5. The lowest BCUT2D eigenvalue weighted by Crippen LogP contribution is -2.23. The van der Waals surface area contributed by atoms with Crippen molar-refractivity contribution in [2.75, 3.05) is 11.5 Å². The molecular formula is C13H17N5O2S. The minimum atomic E-state index is -3.02. The Morgan fingerprint density at radius 1 is 1.43 bits per heavy atom. The number of benzene rings is 1. The maximum atomic E-state index is 12.0. The van der Waals surface area contributed by atoms with Crippen LogP contribution in [-0.4, -0.2) is 39.6 Å². The van der Waals surface area contributed by atoms with Gasteiger partial charge in [0, 0.05) is 11.3 Å². The fourth-order valence-electron chi connectivity index (χ4n) is 2.67. The summed E-state index contributed by atoms with van der Waals surface area (Å²) >= 11 is 0. The standard InChI is InChI=1S/C13H17N5O2S/c1-9-11(5-2-6-12(9)14)13-15-16-17-18(13)8-10-4-3-7-21(10,19)20/h2,5-6,10H,3-4,7-8,14H2,1H3. The van der Waals surface area contributed by atoms with Gasteiger partial charge in [0.05, 0.1) is 17.5 Å². The molecule has 7 nitrogen and oxygen atoms in total. The van der Waals surface area contributed by atoms with Gasteiger partial charge in [-0.1, -0.05) is 12.1 Å². The summed E-state index contributed by atoms with van der Waals surface area (Å²) in [6.45, 7) is 2.19.